The minimum absolute atomic E-state index is 0.108. The molecule has 0 aliphatic rings. The third-order valence-electron chi connectivity index (χ3n) is 2.23. The van der Waals surface area contributed by atoms with Crippen LogP contribution in [0.5, 0.6) is 5.75 Å². The fourth-order valence-electron chi connectivity index (χ4n) is 1.22. The molecule has 0 saturated carbocycles. The number of carbonyl (C=O) groups is 1. The maximum Gasteiger partial charge on any atom is 0.261 e. The van der Waals surface area contributed by atoms with E-state index in [0.717, 1.165) is 0 Å². The third kappa shape index (κ3) is 4.48. The second-order valence-corrected chi connectivity index (χ2v) is 5.22. The molecule has 2 N–H and O–H groups in total. The summed E-state index contributed by atoms with van der Waals surface area (Å²) in [5.74, 6) is 0.261. The number of halogens is 2. The quantitative estimate of drug-likeness (QED) is 0.868. The summed E-state index contributed by atoms with van der Waals surface area (Å²) in [7, 11) is 0. The van der Waals surface area contributed by atoms with Crippen molar-refractivity contribution in [3.8, 4) is 5.75 Å². The van der Waals surface area contributed by atoms with Crippen molar-refractivity contribution in [1.82, 2.24) is 5.32 Å². The maximum atomic E-state index is 11.7. The van der Waals surface area contributed by atoms with Crippen LogP contribution in [0.15, 0.2) is 22.7 Å². The molecule has 0 bridgehead atoms. The molecule has 0 heterocycles. The molecule has 100 valence electrons. The van der Waals surface area contributed by atoms with E-state index in [2.05, 4.69) is 21.2 Å². The van der Waals surface area contributed by atoms with Crippen LogP contribution in [-0.4, -0.2) is 29.8 Å². The van der Waals surface area contributed by atoms with Crippen LogP contribution in [0, 0.1) is 0 Å². The van der Waals surface area contributed by atoms with Crippen LogP contribution in [0.4, 0.5) is 0 Å². The molecule has 0 aliphatic heterocycles. The molecule has 1 rings (SSSR count). The Balaban J connectivity index is 2.63. The van der Waals surface area contributed by atoms with Gasteiger partial charge in [-0.15, -0.1) is 0 Å². The molecule has 0 aliphatic carbocycles. The van der Waals surface area contributed by atoms with Gasteiger partial charge in [0.1, 0.15) is 5.75 Å². The number of hydrogen-bond donors (Lipinski definition) is 2. The van der Waals surface area contributed by atoms with E-state index in [4.69, 9.17) is 21.4 Å². The highest BCUT2D eigenvalue weighted by Gasteiger charge is 2.17. The average molecular weight is 337 g/mol. The number of aliphatic hydroxyl groups is 1. The Labute approximate surface area is 119 Å². The van der Waals surface area contributed by atoms with E-state index in [9.17, 15) is 4.79 Å². The van der Waals surface area contributed by atoms with Gasteiger partial charge in [-0.1, -0.05) is 11.6 Å². The van der Waals surface area contributed by atoms with Gasteiger partial charge in [0.05, 0.1) is 11.1 Å². The smallest absolute Gasteiger partial charge is 0.261 e. The van der Waals surface area contributed by atoms with Gasteiger partial charge in [-0.3, -0.25) is 4.79 Å². The summed E-state index contributed by atoms with van der Waals surface area (Å²) in [5.41, 5.74) is 0. The van der Waals surface area contributed by atoms with Gasteiger partial charge in [0, 0.05) is 11.1 Å². The zero-order valence-electron chi connectivity index (χ0n) is 10.1. The molecule has 1 aromatic rings. The molecule has 2 atom stereocenters. The zero-order valence-corrected chi connectivity index (χ0v) is 12.5. The van der Waals surface area contributed by atoms with Gasteiger partial charge in [0.2, 0.25) is 0 Å². The van der Waals surface area contributed by atoms with Gasteiger partial charge < -0.3 is 15.2 Å². The number of nitrogens with one attached hydrogen (secondary N) is 1. The lowest BCUT2D eigenvalue weighted by Crippen LogP contribution is -2.42. The molecular weight excluding hydrogens is 321 g/mol. The Bertz CT molecular complexity index is 428. The van der Waals surface area contributed by atoms with Gasteiger partial charge in [-0.2, -0.15) is 0 Å². The largest absolute Gasteiger partial charge is 0.480 e. The van der Waals surface area contributed by atoms with Crippen molar-refractivity contribution in [3.05, 3.63) is 27.7 Å². The lowest BCUT2D eigenvalue weighted by Gasteiger charge is -2.18. The minimum Gasteiger partial charge on any atom is -0.480 e. The van der Waals surface area contributed by atoms with Crippen LogP contribution in [-0.2, 0) is 4.79 Å². The summed E-state index contributed by atoms with van der Waals surface area (Å²) in [6.45, 7) is 3.24. The van der Waals surface area contributed by atoms with E-state index in [1.54, 1.807) is 32.0 Å². The molecule has 6 heteroatoms. The Kier molecular flexibility index (Phi) is 5.91. The van der Waals surface area contributed by atoms with E-state index >= 15 is 0 Å². The second kappa shape index (κ2) is 6.97. The zero-order chi connectivity index (χ0) is 13.7. The van der Waals surface area contributed by atoms with Gasteiger partial charge in [-0.05, 0) is 48.0 Å². The number of aliphatic hydroxyl groups excluding tert-OH is 1. The molecule has 1 aromatic carbocycles. The normalized spacial score (nSPS) is 13.8. The van der Waals surface area contributed by atoms with Crippen molar-refractivity contribution in [3.63, 3.8) is 0 Å². The third-order valence-corrected chi connectivity index (χ3v) is 3.08. The number of carbonyl (C=O) groups excluding carboxylic acids is 1. The number of benzene rings is 1. The van der Waals surface area contributed by atoms with Crippen LogP contribution in [0.25, 0.3) is 0 Å². The van der Waals surface area contributed by atoms with E-state index in [-0.39, 0.29) is 18.6 Å². The Morgan fingerprint density at radius 3 is 2.78 bits per heavy atom. The van der Waals surface area contributed by atoms with E-state index < -0.39 is 6.10 Å². The number of ether oxygens (including phenoxy) is 1. The summed E-state index contributed by atoms with van der Waals surface area (Å²) < 4.78 is 6.19. The SMILES string of the molecule is CC(Oc1ccc(Cl)cc1Br)C(=O)N[C@@H](C)CO. The van der Waals surface area contributed by atoms with E-state index in [1.165, 1.54) is 0 Å². The topological polar surface area (TPSA) is 58.6 Å². The average Bonchev–Trinajstić information content (AvgIpc) is 2.32. The van der Waals surface area contributed by atoms with Crippen molar-refractivity contribution < 1.29 is 14.6 Å². The first-order valence-electron chi connectivity index (χ1n) is 5.47. The number of hydrogen-bond acceptors (Lipinski definition) is 3. The van der Waals surface area contributed by atoms with Gasteiger partial charge in [-0.25, -0.2) is 0 Å². The molecule has 4 nitrogen and oxygen atoms in total. The second-order valence-electron chi connectivity index (χ2n) is 3.93. The molecule has 0 aromatic heterocycles. The highest BCUT2D eigenvalue weighted by molar-refractivity contribution is 9.10. The predicted molar refractivity (Wildman–Crippen MR) is 73.9 cm³/mol. The van der Waals surface area contributed by atoms with Crippen molar-refractivity contribution in [2.24, 2.45) is 0 Å². The summed E-state index contributed by atoms with van der Waals surface area (Å²) in [6, 6.07) is 4.77. The Morgan fingerprint density at radius 2 is 2.22 bits per heavy atom. The summed E-state index contributed by atoms with van der Waals surface area (Å²) in [4.78, 5) is 11.7. The summed E-state index contributed by atoms with van der Waals surface area (Å²) in [6.07, 6.45) is -0.656. The van der Waals surface area contributed by atoms with Crippen LogP contribution >= 0.6 is 27.5 Å². The molecular formula is C12H15BrClNO3. The lowest BCUT2D eigenvalue weighted by molar-refractivity contribution is -0.128. The Morgan fingerprint density at radius 1 is 1.56 bits per heavy atom. The predicted octanol–water partition coefficient (Wildman–Crippen LogP) is 2.37. The lowest BCUT2D eigenvalue weighted by atomic mass is 10.3. The van der Waals surface area contributed by atoms with Gasteiger partial charge >= 0.3 is 0 Å². The molecule has 18 heavy (non-hydrogen) atoms. The highest BCUT2D eigenvalue weighted by Crippen LogP contribution is 2.28. The van der Waals surface area contributed by atoms with Crippen LogP contribution in [0.2, 0.25) is 5.02 Å². The van der Waals surface area contributed by atoms with Gasteiger partial charge in [0.25, 0.3) is 5.91 Å². The standard InChI is InChI=1S/C12H15BrClNO3/c1-7(6-16)15-12(17)8(2)18-11-4-3-9(14)5-10(11)13/h3-5,7-8,16H,6H2,1-2H3,(H,15,17)/t7-,8?/m0/s1. The van der Waals surface area contributed by atoms with Crippen molar-refractivity contribution in [1.29, 1.82) is 0 Å². The first-order valence-corrected chi connectivity index (χ1v) is 6.64. The van der Waals surface area contributed by atoms with E-state index in [0.29, 0.717) is 15.2 Å². The molecule has 1 amide bonds. The Hall–Kier alpha value is -0.780. The number of amides is 1. The molecule has 0 saturated heterocycles. The molecule has 0 spiro atoms. The first-order chi connectivity index (χ1) is 8.43. The molecule has 0 radical (unpaired) electrons. The molecule has 0 fully saturated rings. The summed E-state index contributed by atoms with van der Waals surface area (Å²) >= 11 is 9.12. The van der Waals surface area contributed by atoms with Crippen LogP contribution in [0.1, 0.15) is 13.8 Å². The first kappa shape index (κ1) is 15.3. The fraction of sp³-hybridized carbons (Fsp3) is 0.417. The van der Waals surface area contributed by atoms with Crippen molar-refractivity contribution in [2.75, 3.05) is 6.61 Å². The highest BCUT2D eigenvalue weighted by atomic mass is 79.9. The van der Waals surface area contributed by atoms with Gasteiger partial charge in [0.15, 0.2) is 6.10 Å². The monoisotopic (exact) mass is 335 g/mol. The fourth-order valence-corrected chi connectivity index (χ4v) is 2.00. The summed E-state index contributed by atoms with van der Waals surface area (Å²) in [5, 5.41) is 12.1. The molecule has 1 unspecified atom stereocenters. The van der Waals surface area contributed by atoms with Crippen molar-refractivity contribution in [2.45, 2.75) is 26.0 Å². The van der Waals surface area contributed by atoms with Crippen LogP contribution < -0.4 is 10.1 Å². The minimum atomic E-state index is -0.656. The van der Waals surface area contributed by atoms with E-state index in [1.807, 2.05) is 0 Å². The number of rotatable bonds is 5. The van der Waals surface area contributed by atoms with Crippen molar-refractivity contribution >= 4 is 33.4 Å². The maximum absolute atomic E-state index is 11.7. The van der Waals surface area contributed by atoms with Crippen LogP contribution in [0.3, 0.4) is 0 Å².